The van der Waals surface area contributed by atoms with Crippen LogP contribution in [0.1, 0.15) is 70.4 Å². The molecule has 0 radical (unpaired) electrons. The zero-order chi connectivity index (χ0) is 27.4. The van der Waals surface area contributed by atoms with Crippen molar-refractivity contribution < 1.29 is 27.1 Å². The number of amides is 1. The van der Waals surface area contributed by atoms with Crippen molar-refractivity contribution >= 4 is 39.0 Å². The number of nitrogens with one attached hydrogen (secondary N) is 3. The van der Waals surface area contributed by atoms with Crippen LogP contribution in [0.3, 0.4) is 0 Å². The van der Waals surface area contributed by atoms with Gasteiger partial charge in [0.25, 0.3) is 0 Å². The van der Waals surface area contributed by atoms with E-state index in [2.05, 4.69) is 14.9 Å². The van der Waals surface area contributed by atoms with E-state index in [9.17, 15) is 22.8 Å². The molecule has 0 aliphatic heterocycles. The van der Waals surface area contributed by atoms with Gasteiger partial charge in [-0.1, -0.05) is 61.7 Å². The van der Waals surface area contributed by atoms with Crippen LogP contribution >= 0.6 is 0 Å². The van der Waals surface area contributed by atoms with Gasteiger partial charge in [0.2, 0.25) is 5.91 Å². The minimum Gasteiger partial charge on any atom is -0.384 e. The van der Waals surface area contributed by atoms with Gasteiger partial charge in [0, 0.05) is 41.5 Å². The molecule has 0 unspecified atom stereocenters. The van der Waals surface area contributed by atoms with Gasteiger partial charge in [-0.3, -0.25) is 14.4 Å². The third kappa shape index (κ3) is 5.71. The molecule has 1 saturated carbocycles. The SMILES string of the molecule is O=C(CCNc1ccc(NC2CCCCC2)c2c1C(=O)c1ccccc1C2=O)NOS(=O)(=O)c1ccccc1. The van der Waals surface area contributed by atoms with Crippen molar-refractivity contribution in [2.24, 2.45) is 0 Å². The van der Waals surface area contributed by atoms with E-state index in [1.165, 1.54) is 18.6 Å². The van der Waals surface area contributed by atoms with Crippen molar-refractivity contribution in [1.82, 2.24) is 5.48 Å². The van der Waals surface area contributed by atoms with E-state index in [0.717, 1.165) is 25.7 Å². The highest BCUT2D eigenvalue weighted by molar-refractivity contribution is 7.86. The van der Waals surface area contributed by atoms with Crippen molar-refractivity contribution in [2.75, 3.05) is 17.2 Å². The van der Waals surface area contributed by atoms with Gasteiger partial charge in [-0.05, 0) is 37.1 Å². The van der Waals surface area contributed by atoms with Crippen LogP contribution in [-0.2, 0) is 19.2 Å². The Morgan fingerprint density at radius 2 is 1.38 bits per heavy atom. The Labute approximate surface area is 227 Å². The maximum absolute atomic E-state index is 13.6. The van der Waals surface area contributed by atoms with Gasteiger partial charge in [0.1, 0.15) is 0 Å². The molecule has 10 heteroatoms. The summed E-state index contributed by atoms with van der Waals surface area (Å²) in [5, 5.41) is 6.58. The van der Waals surface area contributed by atoms with E-state index in [1.54, 1.807) is 54.6 Å². The molecule has 2 aliphatic carbocycles. The summed E-state index contributed by atoms with van der Waals surface area (Å²) >= 11 is 0. The van der Waals surface area contributed by atoms with E-state index in [0.29, 0.717) is 28.1 Å². The van der Waals surface area contributed by atoms with E-state index >= 15 is 0 Å². The van der Waals surface area contributed by atoms with Gasteiger partial charge in [-0.25, -0.2) is 5.48 Å². The molecule has 0 atom stereocenters. The van der Waals surface area contributed by atoms with Crippen LogP contribution < -0.4 is 16.1 Å². The molecule has 3 N–H and O–H groups in total. The number of benzene rings is 3. The summed E-state index contributed by atoms with van der Waals surface area (Å²) in [7, 11) is -4.15. The third-order valence-corrected chi connectivity index (χ3v) is 8.16. The van der Waals surface area contributed by atoms with Gasteiger partial charge in [-0.2, -0.15) is 8.42 Å². The van der Waals surface area contributed by atoms with Crippen molar-refractivity contribution in [3.05, 3.63) is 89.0 Å². The fourth-order valence-electron chi connectivity index (χ4n) is 5.06. The molecule has 9 nitrogen and oxygen atoms in total. The van der Waals surface area contributed by atoms with Crippen molar-refractivity contribution in [2.45, 2.75) is 49.5 Å². The van der Waals surface area contributed by atoms with Crippen LogP contribution in [0, 0.1) is 0 Å². The van der Waals surface area contributed by atoms with E-state index in [1.807, 2.05) is 5.48 Å². The largest absolute Gasteiger partial charge is 0.384 e. The summed E-state index contributed by atoms with van der Waals surface area (Å²) in [6.07, 6.45) is 5.30. The zero-order valence-corrected chi connectivity index (χ0v) is 22.1. The number of anilines is 2. The Bertz CT molecular complexity index is 1520. The lowest BCUT2D eigenvalue weighted by Gasteiger charge is -2.28. The van der Waals surface area contributed by atoms with Gasteiger partial charge >= 0.3 is 10.1 Å². The molecule has 0 bridgehead atoms. The molecule has 1 amide bonds. The number of hydroxylamine groups is 1. The molecule has 5 rings (SSSR count). The van der Waals surface area contributed by atoms with Crippen molar-refractivity contribution in [1.29, 1.82) is 0 Å². The first kappa shape index (κ1) is 26.6. The van der Waals surface area contributed by atoms with E-state index in [4.69, 9.17) is 0 Å². The number of hydrogen-bond acceptors (Lipinski definition) is 8. The summed E-state index contributed by atoms with van der Waals surface area (Å²) in [6, 6.07) is 18.0. The minimum absolute atomic E-state index is 0.0749. The summed E-state index contributed by atoms with van der Waals surface area (Å²) in [4.78, 5) is 39.4. The standard InChI is InChI=1S/C29H29N3O6S/c33-25(32-38-39(36,37)20-11-5-2-6-12-20)17-18-30-23-15-16-24(31-19-9-3-1-4-10-19)27-26(23)28(34)21-13-7-8-14-22(21)29(27)35/h2,5-8,11-16,19,30-31H,1,3-4,9-10,17-18H2,(H,32,33). The monoisotopic (exact) mass is 547 g/mol. The molecule has 3 aromatic carbocycles. The van der Waals surface area contributed by atoms with Crippen LogP contribution in [0.2, 0.25) is 0 Å². The number of fused-ring (bicyclic) bond motifs is 2. The van der Waals surface area contributed by atoms with E-state index in [-0.39, 0.29) is 41.0 Å². The van der Waals surface area contributed by atoms with Gasteiger partial charge in [-0.15, -0.1) is 4.28 Å². The highest BCUT2D eigenvalue weighted by Crippen LogP contribution is 2.37. The Balaban J connectivity index is 1.32. The molecule has 2 aliphatic rings. The summed E-state index contributed by atoms with van der Waals surface area (Å²) in [6.45, 7) is 0.0749. The Morgan fingerprint density at radius 3 is 2.05 bits per heavy atom. The summed E-state index contributed by atoms with van der Waals surface area (Å²) in [5.74, 6) is -1.16. The average Bonchev–Trinajstić information content (AvgIpc) is 2.96. The van der Waals surface area contributed by atoms with Crippen LogP contribution in [-0.4, -0.2) is 38.5 Å². The average molecular weight is 548 g/mol. The predicted molar refractivity (Wildman–Crippen MR) is 146 cm³/mol. The molecular weight excluding hydrogens is 518 g/mol. The summed E-state index contributed by atoms with van der Waals surface area (Å²) in [5.41, 5.74) is 4.32. The van der Waals surface area contributed by atoms with Crippen LogP contribution in [0.4, 0.5) is 11.4 Å². The predicted octanol–water partition coefficient (Wildman–Crippen LogP) is 4.45. The normalized spacial score (nSPS) is 15.3. The first-order valence-corrected chi connectivity index (χ1v) is 14.4. The molecule has 202 valence electrons. The highest BCUT2D eigenvalue weighted by atomic mass is 32.2. The van der Waals surface area contributed by atoms with Crippen molar-refractivity contribution in [3.8, 4) is 0 Å². The second-order valence-electron chi connectivity index (χ2n) is 9.65. The lowest BCUT2D eigenvalue weighted by atomic mass is 9.82. The third-order valence-electron chi connectivity index (χ3n) is 7.01. The van der Waals surface area contributed by atoms with Gasteiger partial charge in [0.05, 0.1) is 16.0 Å². The van der Waals surface area contributed by atoms with Gasteiger partial charge in [0.15, 0.2) is 11.6 Å². The molecule has 1 fully saturated rings. The van der Waals surface area contributed by atoms with Crippen LogP contribution in [0.25, 0.3) is 0 Å². The molecular formula is C29H29N3O6S. The number of carbonyl (C=O) groups excluding carboxylic acids is 3. The topological polar surface area (TPSA) is 131 Å². The fourth-order valence-corrected chi connectivity index (χ4v) is 5.84. The van der Waals surface area contributed by atoms with Gasteiger partial charge < -0.3 is 10.6 Å². The number of hydrogen-bond donors (Lipinski definition) is 3. The smallest absolute Gasteiger partial charge is 0.317 e. The Kier molecular flexibility index (Phi) is 7.76. The van der Waals surface area contributed by atoms with Crippen molar-refractivity contribution in [3.63, 3.8) is 0 Å². The zero-order valence-electron chi connectivity index (χ0n) is 21.2. The molecule has 0 saturated heterocycles. The molecule has 0 spiro atoms. The highest BCUT2D eigenvalue weighted by Gasteiger charge is 2.34. The quantitative estimate of drug-likeness (QED) is 0.262. The molecule has 0 heterocycles. The second kappa shape index (κ2) is 11.4. The Morgan fingerprint density at radius 1 is 0.795 bits per heavy atom. The minimum atomic E-state index is -4.15. The first-order valence-electron chi connectivity index (χ1n) is 13.0. The lowest BCUT2D eigenvalue weighted by molar-refractivity contribution is -0.127. The first-order chi connectivity index (χ1) is 18.8. The maximum atomic E-state index is 13.6. The molecule has 0 aromatic heterocycles. The number of ketones is 2. The Hall–Kier alpha value is -4.02. The second-order valence-corrected chi connectivity index (χ2v) is 11.2. The van der Waals surface area contributed by atoms with Crippen LogP contribution in [0.5, 0.6) is 0 Å². The van der Waals surface area contributed by atoms with E-state index < -0.39 is 16.0 Å². The maximum Gasteiger partial charge on any atom is 0.317 e. The lowest BCUT2D eigenvalue weighted by Crippen LogP contribution is -2.29. The van der Waals surface area contributed by atoms with Crippen LogP contribution in [0.15, 0.2) is 71.6 Å². The fraction of sp³-hybridized carbons (Fsp3) is 0.276. The summed E-state index contributed by atoms with van der Waals surface area (Å²) < 4.78 is 29.1. The number of carbonyl (C=O) groups is 3. The molecule has 39 heavy (non-hydrogen) atoms. The molecule has 3 aromatic rings. The number of rotatable bonds is 9.